The molecule has 0 radical (unpaired) electrons. The van der Waals surface area contributed by atoms with Gasteiger partial charge in [-0.1, -0.05) is 121 Å². The van der Waals surface area contributed by atoms with Crippen molar-refractivity contribution in [2.75, 3.05) is 0 Å². The summed E-state index contributed by atoms with van der Waals surface area (Å²) in [6.45, 7) is 0. The number of benzene rings is 11. The zero-order valence-electron chi connectivity index (χ0n) is 37.2. The summed E-state index contributed by atoms with van der Waals surface area (Å²) in [6.07, 6.45) is 0. The Labute approximate surface area is 398 Å². The van der Waals surface area contributed by atoms with Gasteiger partial charge in [0.15, 0.2) is 0 Å². The number of nitrogens with zero attached hydrogens (tertiary/aromatic N) is 4. The van der Waals surface area contributed by atoms with Gasteiger partial charge in [-0.2, -0.15) is 10.5 Å². The molecule has 4 heterocycles. The third-order valence-corrected chi connectivity index (χ3v) is 14.6. The second-order valence-corrected chi connectivity index (χ2v) is 18.2. The Hall–Kier alpha value is -9.88. The Bertz CT molecular complexity index is 4870. The van der Waals surface area contributed by atoms with Gasteiger partial charge in [-0.05, 0) is 129 Å². The van der Waals surface area contributed by atoms with E-state index in [0.29, 0.717) is 22.5 Å². The van der Waals surface area contributed by atoms with E-state index in [1.54, 1.807) is 0 Å². The van der Waals surface area contributed by atoms with E-state index >= 15 is 0 Å². The first-order valence-corrected chi connectivity index (χ1v) is 23.3. The van der Waals surface area contributed by atoms with Gasteiger partial charge in [-0.3, -0.25) is 0 Å². The molecule has 0 aliphatic rings. The molecule has 0 aliphatic carbocycles. The Morgan fingerprint density at radius 3 is 1.29 bits per heavy atom. The number of furan rings is 2. The molecule has 0 saturated heterocycles. The van der Waals surface area contributed by atoms with Gasteiger partial charge in [-0.25, -0.2) is 0 Å². The minimum atomic E-state index is 0.403. The molecule has 15 aromatic rings. The maximum absolute atomic E-state index is 11.6. The summed E-state index contributed by atoms with van der Waals surface area (Å²) < 4.78 is 16.8. The highest BCUT2D eigenvalue weighted by Gasteiger charge is 2.26. The molecule has 70 heavy (non-hydrogen) atoms. The number of hydrogen-bond acceptors (Lipinski definition) is 4. The van der Waals surface area contributed by atoms with Gasteiger partial charge in [-0.15, -0.1) is 0 Å². The smallest absolute Gasteiger partial charge is 0.135 e. The minimum Gasteiger partial charge on any atom is -0.456 e. The molecule has 0 unspecified atom stereocenters. The van der Waals surface area contributed by atoms with Crippen LogP contribution in [0.4, 0.5) is 0 Å². The van der Waals surface area contributed by atoms with E-state index in [1.807, 2.05) is 48.5 Å². The number of nitriles is 2. The number of hydrogen-bond donors (Lipinski definition) is 0. The molecule has 0 N–H and O–H groups in total. The molecule has 6 nitrogen and oxygen atoms in total. The van der Waals surface area contributed by atoms with Crippen molar-refractivity contribution in [3.05, 3.63) is 217 Å². The maximum Gasteiger partial charge on any atom is 0.135 e. The summed E-state index contributed by atoms with van der Waals surface area (Å²) in [4.78, 5) is 0. The lowest BCUT2D eigenvalue weighted by Crippen LogP contribution is -2.06. The molecular formula is C64H34N4O2. The minimum absolute atomic E-state index is 0.403. The van der Waals surface area contributed by atoms with Crippen molar-refractivity contribution in [2.24, 2.45) is 0 Å². The summed E-state index contributed by atoms with van der Waals surface area (Å²) in [5.74, 6) is 0. The summed E-state index contributed by atoms with van der Waals surface area (Å²) in [5.41, 5.74) is 13.5. The highest BCUT2D eigenvalue weighted by molar-refractivity contribution is 6.24. The van der Waals surface area contributed by atoms with Crippen LogP contribution in [-0.4, -0.2) is 9.13 Å². The lowest BCUT2D eigenvalue weighted by Gasteiger charge is -2.17. The van der Waals surface area contributed by atoms with Crippen LogP contribution < -0.4 is 0 Å². The first kappa shape index (κ1) is 38.2. The molecule has 15 rings (SSSR count). The molecular weight excluding hydrogens is 857 g/mol. The topological polar surface area (TPSA) is 83.7 Å². The summed E-state index contributed by atoms with van der Waals surface area (Å²) in [5, 5.41) is 35.6. The number of aromatic nitrogens is 2. The zero-order valence-corrected chi connectivity index (χ0v) is 37.2. The van der Waals surface area contributed by atoms with Crippen LogP contribution in [0.1, 0.15) is 11.1 Å². The number of para-hydroxylation sites is 2. The van der Waals surface area contributed by atoms with E-state index in [0.717, 1.165) is 131 Å². The summed E-state index contributed by atoms with van der Waals surface area (Å²) in [7, 11) is 0. The van der Waals surface area contributed by atoms with Crippen LogP contribution in [0.15, 0.2) is 215 Å². The van der Waals surface area contributed by atoms with E-state index in [9.17, 15) is 10.5 Å². The molecule has 0 aliphatic heterocycles. The fraction of sp³-hybridized carbons (Fsp3) is 0. The lowest BCUT2D eigenvalue weighted by atomic mass is 9.99. The SMILES string of the molecule is N#Cc1ccc(-n2c3ccc(-c4ccc5oc6ccccc6c5c4)cc3c3c4ccccc4ccc32)c(C#N)c1-n1c2ccc(-c3ccc4oc5ccccc5c4c3)cc2c2c3ccccc3ccc21. The third-order valence-electron chi connectivity index (χ3n) is 14.6. The number of rotatable bonds is 4. The highest BCUT2D eigenvalue weighted by atomic mass is 16.3. The van der Waals surface area contributed by atoms with Crippen molar-refractivity contribution >= 4 is 109 Å². The molecule has 6 heteroatoms. The average Bonchev–Trinajstić information content (AvgIpc) is 4.17. The lowest BCUT2D eigenvalue weighted by molar-refractivity contribution is 0.668. The molecule has 4 aromatic heterocycles. The van der Waals surface area contributed by atoms with Gasteiger partial charge < -0.3 is 18.0 Å². The van der Waals surface area contributed by atoms with Gasteiger partial charge in [0.2, 0.25) is 0 Å². The summed E-state index contributed by atoms with van der Waals surface area (Å²) >= 11 is 0. The van der Waals surface area contributed by atoms with Crippen molar-refractivity contribution in [2.45, 2.75) is 0 Å². The van der Waals surface area contributed by atoms with E-state index in [2.05, 4.69) is 179 Å². The van der Waals surface area contributed by atoms with Gasteiger partial charge in [0, 0.05) is 43.1 Å². The van der Waals surface area contributed by atoms with Crippen molar-refractivity contribution < 1.29 is 8.83 Å². The first-order valence-electron chi connectivity index (χ1n) is 23.3. The molecule has 0 amide bonds. The fourth-order valence-electron chi connectivity index (χ4n) is 11.5. The summed E-state index contributed by atoms with van der Waals surface area (Å²) in [6, 6.07) is 76.8. The fourth-order valence-corrected chi connectivity index (χ4v) is 11.5. The molecule has 0 saturated carbocycles. The van der Waals surface area contributed by atoms with E-state index in [-0.39, 0.29) is 0 Å². The van der Waals surface area contributed by atoms with Crippen LogP contribution in [0.3, 0.4) is 0 Å². The van der Waals surface area contributed by atoms with Crippen molar-refractivity contribution in [1.29, 1.82) is 10.5 Å². The predicted molar refractivity (Wildman–Crippen MR) is 285 cm³/mol. The quantitative estimate of drug-likeness (QED) is 0.176. The van der Waals surface area contributed by atoms with Crippen LogP contribution in [0.2, 0.25) is 0 Å². The predicted octanol–water partition coefficient (Wildman–Crippen LogP) is 17.1. The van der Waals surface area contributed by atoms with Gasteiger partial charge in [0.25, 0.3) is 0 Å². The van der Waals surface area contributed by atoms with Crippen molar-refractivity contribution in [3.8, 4) is 45.8 Å². The van der Waals surface area contributed by atoms with Gasteiger partial charge in [0.1, 0.15) is 40.0 Å². The Morgan fingerprint density at radius 2 is 0.757 bits per heavy atom. The van der Waals surface area contributed by atoms with Crippen molar-refractivity contribution in [1.82, 2.24) is 9.13 Å². The maximum atomic E-state index is 11.6. The molecule has 0 fully saturated rings. The van der Waals surface area contributed by atoms with E-state index in [1.165, 1.54) is 0 Å². The molecule has 0 bridgehead atoms. The Kier molecular flexibility index (Phi) is 7.82. The normalized spacial score (nSPS) is 12.0. The van der Waals surface area contributed by atoms with E-state index < -0.39 is 0 Å². The molecule has 0 spiro atoms. The largest absolute Gasteiger partial charge is 0.456 e. The average molecular weight is 891 g/mol. The highest BCUT2D eigenvalue weighted by Crippen LogP contribution is 2.45. The zero-order chi connectivity index (χ0) is 46.2. The van der Waals surface area contributed by atoms with Crippen LogP contribution in [0.5, 0.6) is 0 Å². The first-order chi connectivity index (χ1) is 34.6. The molecule has 0 atom stereocenters. The van der Waals surface area contributed by atoms with Gasteiger partial charge >= 0.3 is 0 Å². The Morgan fingerprint density at radius 1 is 0.329 bits per heavy atom. The van der Waals surface area contributed by atoms with Crippen LogP contribution in [0.25, 0.3) is 143 Å². The Balaban J connectivity index is 0.988. The van der Waals surface area contributed by atoms with Crippen molar-refractivity contribution in [3.63, 3.8) is 0 Å². The second kappa shape index (κ2) is 14.3. The van der Waals surface area contributed by atoms with Crippen LogP contribution >= 0.6 is 0 Å². The van der Waals surface area contributed by atoms with E-state index in [4.69, 9.17) is 8.83 Å². The molecule has 322 valence electrons. The van der Waals surface area contributed by atoms with Crippen LogP contribution in [0, 0.1) is 22.7 Å². The monoisotopic (exact) mass is 890 g/mol. The molecule has 11 aromatic carbocycles. The van der Waals surface area contributed by atoms with Gasteiger partial charge in [0.05, 0.1) is 39.0 Å². The second-order valence-electron chi connectivity index (χ2n) is 18.2. The standard InChI is InChI=1S/C64H34N4O2/c65-35-43-21-26-55(67-53-24-19-39(33-50(53)62-44-11-3-1-9-37(44)17-27-56(62)67)41-22-29-60-48(31-41)46-13-5-7-15-58(46)69-60)52(36-66)64(43)68-54-25-20-40(34-51(54)63-45-12-4-2-10-38(45)18-28-57(63)68)42-23-30-61-49(32-42)47-14-6-8-16-59(47)70-61/h1-34H. The van der Waals surface area contributed by atoms with Crippen LogP contribution in [-0.2, 0) is 0 Å². The third kappa shape index (κ3) is 5.30. The number of fused-ring (bicyclic) bond motifs is 16.